The van der Waals surface area contributed by atoms with Gasteiger partial charge in [-0.05, 0) is 56.0 Å². The molecular weight excluding hydrogens is 268 g/mol. The lowest BCUT2D eigenvalue weighted by molar-refractivity contribution is 0.343. The minimum absolute atomic E-state index is 0.227. The number of nitrogens with zero attached hydrogens (tertiary/aromatic N) is 2. The highest BCUT2D eigenvalue weighted by Crippen LogP contribution is 2.36. The molecule has 2 nitrogen and oxygen atoms in total. The quantitative estimate of drug-likeness (QED) is 0.837. The molecule has 0 amide bonds. The molecular formula is C20H26N2. The smallest absolute Gasteiger partial charge is 0.0443 e. The van der Waals surface area contributed by atoms with Gasteiger partial charge in [-0.3, -0.25) is 0 Å². The van der Waals surface area contributed by atoms with Crippen LogP contribution < -0.4 is 4.90 Å². The number of fused-ring (bicyclic) bond motifs is 2. The van der Waals surface area contributed by atoms with E-state index in [-0.39, 0.29) is 5.92 Å². The van der Waals surface area contributed by atoms with Crippen molar-refractivity contribution in [1.82, 2.24) is 4.90 Å². The van der Waals surface area contributed by atoms with Crippen molar-refractivity contribution in [3.63, 3.8) is 0 Å². The zero-order valence-electron chi connectivity index (χ0n) is 16.4. The average Bonchev–Trinajstić information content (AvgIpc) is 2.72. The van der Waals surface area contributed by atoms with E-state index >= 15 is 0 Å². The van der Waals surface area contributed by atoms with E-state index in [1.54, 1.807) is 7.05 Å². The highest BCUT2D eigenvalue weighted by molar-refractivity contribution is 5.71. The standard InChI is InChI=1S/C20H26N2/c1-16(14-21(2)3)15-22-19-10-6-4-8-17(19)12-13-18-9-5-7-11-20(18)22/h4-11,16H,12-15H2,1-3H3/i2D3. The van der Waals surface area contributed by atoms with Crippen LogP contribution in [-0.2, 0) is 12.8 Å². The largest absolute Gasteiger partial charge is 0.341 e. The second kappa shape index (κ2) is 6.53. The Morgan fingerprint density at radius 1 is 1.05 bits per heavy atom. The summed E-state index contributed by atoms with van der Waals surface area (Å²) in [6.45, 7) is 1.42. The van der Waals surface area contributed by atoms with Crippen LogP contribution in [0.15, 0.2) is 48.5 Å². The molecule has 0 aromatic heterocycles. The first-order valence-electron chi connectivity index (χ1n) is 9.51. The van der Waals surface area contributed by atoms with E-state index in [4.69, 9.17) is 4.11 Å². The monoisotopic (exact) mass is 297 g/mol. The lowest BCUT2D eigenvalue weighted by Gasteiger charge is -2.30. The summed E-state index contributed by atoms with van der Waals surface area (Å²) in [6, 6.07) is 17.1. The lowest BCUT2D eigenvalue weighted by Crippen LogP contribution is -2.30. The summed E-state index contributed by atoms with van der Waals surface area (Å²) >= 11 is 0. The van der Waals surface area contributed by atoms with Gasteiger partial charge >= 0.3 is 0 Å². The molecule has 1 unspecified atom stereocenters. The summed E-state index contributed by atoms with van der Waals surface area (Å²) < 4.78 is 22.7. The van der Waals surface area contributed by atoms with Crippen LogP contribution in [0.5, 0.6) is 0 Å². The molecule has 2 heteroatoms. The summed E-state index contributed by atoms with van der Waals surface area (Å²) in [5.74, 6) is 0.227. The number of aryl methyl sites for hydroxylation is 2. The molecule has 1 aliphatic heterocycles. The highest BCUT2D eigenvalue weighted by atomic mass is 15.2. The van der Waals surface area contributed by atoms with Crippen LogP contribution in [0.2, 0.25) is 0 Å². The second-order valence-electron chi connectivity index (χ2n) is 6.35. The first-order chi connectivity index (χ1) is 11.9. The minimum Gasteiger partial charge on any atom is -0.341 e. The number of rotatable bonds is 4. The van der Waals surface area contributed by atoms with E-state index in [1.165, 1.54) is 27.4 Å². The van der Waals surface area contributed by atoms with Gasteiger partial charge in [0, 0.05) is 28.6 Å². The normalized spacial score (nSPS) is 17.8. The van der Waals surface area contributed by atoms with Crippen molar-refractivity contribution in [3.05, 3.63) is 59.7 Å². The van der Waals surface area contributed by atoms with Crippen molar-refractivity contribution in [2.24, 2.45) is 5.92 Å². The lowest BCUT2D eigenvalue weighted by atomic mass is 10.0. The van der Waals surface area contributed by atoms with E-state index in [9.17, 15) is 0 Å². The third-order valence-corrected chi connectivity index (χ3v) is 4.31. The van der Waals surface area contributed by atoms with Gasteiger partial charge < -0.3 is 9.80 Å². The highest BCUT2D eigenvalue weighted by Gasteiger charge is 2.21. The number of hydrogen-bond acceptors (Lipinski definition) is 2. The Morgan fingerprint density at radius 3 is 2.14 bits per heavy atom. The molecule has 1 heterocycles. The molecule has 116 valence electrons. The van der Waals surface area contributed by atoms with Crippen molar-refractivity contribution in [1.29, 1.82) is 0 Å². The third-order valence-electron chi connectivity index (χ3n) is 4.31. The van der Waals surface area contributed by atoms with E-state index in [2.05, 4.69) is 60.4 Å². The van der Waals surface area contributed by atoms with Gasteiger partial charge in [0.25, 0.3) is 0 Å². The molecule has 0 N–H and O–H groups in total. The van der Waals surface area contributed by atoms with Crippen LogP contribution in [-0.4, -0.2) is 32.0 Å². The molecule has 1 atom stereocenters. The summed E-state index contributed by atoms with van der Waals surface area (Å²) in [6.07, 6.45) is 2.07. The van der Waals surface area contributed by atoms with E-state index in [0.717, 1.165) is 19.4 Å². The third kappa shape index (κ3) is 3.17. The first kappa shape index (κ1) is 11.7. The Labute approximate surface area is 138 Å². The minimum atomic E-state index is -2.04. The Balaban J connectivity index is 1.89. The van der Waals surface area contributed by atoms with E-state index in [0.29, 0.717) is 6.54 Å². The molecule has 2 aromatic rings. The molecule has 0 saturated carbocycles. The van der Waals surface area contributed by atoms with Crippen LogP contribution in [0.4, 0.5) is 11.4 Å². The molecule has 0 fully saturated rings. The van der Waals surface area contributed by atoms with Crippen molar-refractivity contribution in [2.45, 2.75) is 19.8 Å². The Kier molecular flexibility index (Phi) is 3.48. The van der Waals surface area contributed by atoms with E-state index in [1.807, 2.05) is 0 Å². The van der Waals surface area contributed by atoms with Crippen molar-refractivity contribution in [3.8, 4) is 0 Å². The first-order valence-corrected chi connectivity index (χ1v) is 8.01. The maximum Gasteiger partial charge on any atom is 0.0443 e. The van der Waals surface area contributed by atoms with Crippen molar-refractivity contribution < 1.29 is 4.11 Å². The molecule has 3 rings (SSSR count). The SMILES string of the molecule is [2H]C([2H])([2H])N(C)CC(C)CN1c2ccccc2CCc2ccccc21. The maximum atomic E-state index is 7.57. The van der Waals surface area contributed by atoms with Gasteiger partial charge in [-0.2, -0.15) is 0 Å². The Bertz CT molecular complexity index is 679. The molecule has 2 aromatic carbocycles. The Hall–Kier alpha value is -1.80. The van der Waals surface area contributed by atoms with Crippen molar-refractivity contribution in [2.75, 3.05) is 32.0 Å². The molecule has 0 saturated heterocycles. The number of para-hydroxylation sites is 2. The predicted octanol–water partition coefficient (Wildman–Crippen LogP) is 4.12. The second-order valence-corrected chi connectivity index (χ2v) is 6.35. The number of hydrogen-bond donors (Lipinski definition) is 0. The molecule has 0 radical (unpaired) electrons. The van der Waals surface area contributed by atoms with Gasteiger partial charge in [-0.1, -0.05) is 43.3 Å². The summed E-state index contributed by atoms with van der Waals surface area (Å²) in [4.78, 5) is 3.84. The fourth-order valence-electron chi connectivity index (χ4n) is 3.40. The van der Waals surface area contributed by atoms with Crippen molar-refractivity contribution >= 4 is 11.4 Å². The van der Waals surface area contributed by atoms with Gasteiger partial charge in [0.2, 0.25) is 0 Å². The molecule has 0 bridgehead atoms. The van der Waals surface area contributed by atoms with Crippen LogP contribution in [0, 0.1) is 5.92 Å². The summed E-state index contributed by atoms with van der Waals surface area (Å²) in [5, 5.41) is 0. The molecule has 1 aliphatic rings. The zero-order chi connectivity index (χ0) is 18.0. The zero-order valence-corrected chi connectivity index (χ0v) is 13.4. The van der Waals surface area contributed by atoms with Gasteiger partial charge in [0.15, 0.2) is 0 Å². The molecule has 22 heavy (non-hydrogen) atoms. The van der Waals surface area contributed by atoms with Crippen LogP contribution in [0.3, 0.4) is 0 Å². The van der Waals surface area contributed by atoms with E-state index < -0.39 is 6.98 Å². The predicted molar refractivity (Wildman–Crippen MR) is 95.0 cm³/mol. The van der Waals surface area contributed by atoms with Crippen LogP contribution >= 0.6 is 0 Å². The summed E-state index contributed by atoms with van der Waals surface area (Å²) in [7, 11) is 1.67. The van der Waals surface area contributed by atoms with Gasteiger partial charge in [0.05, 0.1) is 0 Å². The number of anilines is 2. The van der Waals surface area contributed by atoms with Crippen LogP contribution in [0.25, 0.3) is 0 Å². The molecule has 0 spiro atoms. The fourth-order valence-corrected chi connectivity index (χ4v) is 3.40. The van der Waals surface area contributed by atoms with Gasteiger partial charge in [-0.25, -0.2) is 0 Å². The van der Waals surface area contributed by atoms with Gasteiger partial charge in [-0.15, -0.1) is 0 Å². The maximum absolute atomic E-state index is 7.57. The summed E-state index contributed by atoms with van der Waals surface area (Å²) in [5.41, 5.74) is 5.21. The van der Waals surface area contributed by atoms with Gasteiger partial charge in [0.1, 0.15) is 0 Å². The topological polar surface area (TPSA) is 6.48 Å². The fraction of sp³-hybridized carbons (Fsp3) is 0.400. The Morgan fingerprint density at radius 2 is 1.59 bits per heavy atom. The number of benzene rings is 2. The average molecular weight is 297 g/mol. The molecule has 0 aliphatic carbocycles. The van der Waals surface area contributed by atoms with Crippen LogP contribution in [0.1, 0.15) is 22.2 Å².